The first-order chi connectivity index (χ1) is 14.1. The summed E-state index contributed by atoms with van der Waals surface area (Å²) >= 11 is 0. The van der Waals surface area contributed by atoms with E-state index in [1.807, 2.05) is 54.7 Å². The van der Waals surface area contributed by atoms with Gasteiger partial charge < -0.3 is 0 Å². The molecule has 0 N–H and O–H groups in total. The van der Waals surface area contributed by atoms with Gasteiger partial charge in [0.1, 0.15) is 5.82 Å². The molecule has 1 spiro atoms. The van der Waals surface area contributed by atoms with Crippen LogP contribution in [0, 0.1) is 5.41 Å². The molecule has 0 radical (unpaired) electrons. The Morgan fingerprint density at radius 1 is 0.931 bits per heavy atom. The third kappa shape index (κ3) is 3.42. The summed E-state index contributed by atoms with van der Waals surface area (Å²) in [6.07, 6.45) is 3.54. The highest BCUT2D eigenvalue weighted by atomic mass is 16.2. The van der Waals surface area contributed by atoms with Crippen LogP contribution in [0.1, 0.15) is 23.5 Å². The molecular formula is C22H23N5O2. The van der Waals surface area contributed by atoms with E-state index in [-0.39, 0.29) is 5.41 Å². The monoisotopic (exact) mass is 389 g/mol. The molecule has 3 aromatic rings. The number of hydrogen-bond donors (Lipinski definition) is 0. The molecule has 0 amide bonds. The summed E-state index contributed by atoms with van der Waals surface area (Å²) in [5.74, 6) is 0.727. The van der Waals surface area contributed by atoms with E-state index in [0.29, 0.717) is 13.1 Å². The van der Waals surface area contributed by atoms with Crippen molar-refractivity contribution in [2.24, 2.45) is 5.41 Å². The average Bonchev–Trinajstić information content (AvgIpc) is 3.30. The Hall–Kier alpha value is -3.06. The molecule has 0 saturated carbocycles. The van der Waals surface area contributed by atoms with Crippen molar-refractivity contribution in [2.45, 2.75) is 32.5 Å². The highest BCUT2D eigenvalue weighted by Gasteiger charge is 2.44. The van der Waals surface area contributed by atoms with Crippen molar-refractivity contribution in [1.29, 1.82) is 0 Å². The smallest absolute Gasteiger partial charge is 0.297 e. The van der Waals surface area contributed by atoms with E-state index in [1.54, 1.807) is 4.57 Å². The molecule has 0 bridgehead atoms. The van der Waals surface area contributed by atoms with Crippen LogP contribution in [0.25, 0.3) is 0 Å². The van der Waals surface area contributed by atoms with Gasteiger partial charge in [-0.25, -0.2) is 4.68 Å². The summed E-state index contributed by atoms with van der Waals surface area (Å²) < 4.78 is 2.93. The summed E-state index contributed by atoms with van der Waals surface area (Å²) in [7, 11) is 0. The zero-order valence-corrected chi connectivity index (χ0v) is 16.2. The van der Waals surface area contributed by atoms with Crippen LogP contribution in [0.2, 0.25) is 0 Å². The van der Waals surface area contributed by atoms with Gasteiger partial charge in [0.2, 0.25) is 0 Å². The molecule has 2 aliphatic heterocycles. The first-order valence-electron chi connectivity index (χ1n) is 9.99. The summed E-state index contributed by atoms with van der Waals surface area (Å²) in [5.41, 5.74) is 0.996. The van der Waals surface area contributed by atoms with Gasteiger partial charge in [0.05, 0.1) is 12.2 Å². The lowest BCUT2D eigenvalue weighted by Gasteiger charge is -2.22. The maximum Gasteiger partial charge on any atom is 0.332 e. The molecule has 2 aromatic heterocycles. The predicted molar refractivity (Wildman–Crippen MR) is 109 cm³/mol. The fourth-order valence-electron chi connectivity index (χ4n) is 4.62. The van der Waals surface area contributed by atoms with Crippen molar-refractivity contribution in [3.63, 3.8) is 0 Å². The molecule has 148 valence electrons. The molecule has 4 heterocycles. The van der Waals surface area contributed by atoms with Crippen molar-refractivity contribution >= 4 is 0 Å². The van der Waals surface area contributed by atoms with E-state index in [9.17, 15) is 9.59 Å². The van der Waals surface area contributed by atoms with E-state index in [1.165, 1.54) is 4.68 Å². The number of likely N-dealkylation sites (tertiary alicyclic amines) is 1. The topological polar surface area (TPSA) is 73.0 Å². The first-order valence-corrected chi connectivity index (χ1v) is 9.99. The van der Waals surface area contributed by atoms with Crippen LogP contribution < -0.4 is 11.1 Å². The number of benzene rings is 1. The Morgan fingerprint density at radius 3 is 2.55 bits per heavy atom. The minimum Gasteiger partial charge on any atom is -0.297 e. The van der Waals surface area contributed by atoms with Crippen LogP contribution in [0.5, 0.6) is 0 Å². The van der Waals surface area contributed by atoms with Crippen molar-refractivity contribution in [3.8, 4) is 0 Å². The lowest BCUT2D eigenvalue weighted by molar-refractivity contribution is 0.245. The molecule has 1 saturated heterocycles. The van der Waals surface area contributed by atoms with Crippen molar-refractivity contribution < 1.29 is 0 Å². The Balaban J connectivity index is 1.37. The second kappa shape index (κ2) is 7.08. The highest BCUT2D eigenvalue weighted by Crippen LogP contribution is 2.39. The van der Waals surface area contributed by atoms with Gasteiger partial charge in [-0.15, -0.1) is 0 Å². The zero-order valence-electron chi connectivity index (χ0n) is 16.2. The van der Waals surface area contributed by atoms with Gasteiger partial charge in [0.15, 0.2) is 0 Å². The molecule has 0 aliphatic carbocycles. The van der Waals surface area contributed by atoms with E-state index >= 15 is 0 Å². The van der Waals surface area contributed by atoms with Gasteiger partial charge in [-0.1, -0.05) is 36.4 Å². The zero-order chi connectivity index (χ0) is 19.8. The fraction of sp³-hybridized carbons (Fsp3) is 0.364. The van der Waals surface area contributed by atoms with Crippen LogP contribution in [0.3, 0.4) is 0 Å². The third-order valence-electron chi connectivity index (χ3n) is 6.04. The number of hydrogen-bond acceptors (Lipinski definition) is 5. The van der Waals surface area contributed by atoms with Crippen LogP contribution in [-0.2, 0) is 26.1 Å². The highest BCUT2D eigenvalue weighted by molar-refractivity contribution is 5.15. The Labute approximate surface area is 168 Å². The Kier molecular flexibility index (Phi) is 4.39. The maximum atomic E-state index is 12.8. The molecule has 7 heteroatoms. The first kappa shape index (κ1) is 18.0. The number of aromatic nitrogens is 4. The Bertz CT molecular complexity index is 1140. The standard InChI is InChI=1S/C22H23N5O2/c28-20-21(29)27(13-17-6-2-1-3-7-17)24-19-12-22(16-26(19)20)9-11-25(15-22)14-18-8-4-5-10-23-18/h1-8,10H,9,11-16H2/t22-/m0/s1. The van der Waals surface area contributed by atoms with E-state index in [4.69, 9.17) is 0 Å². The predicted octanol–water partition coefficient (Wildman–Crippen LogP) is 1.30. The van der Waals surface area contributed by atoms with E-state index in [2.05, 4.69) is 15.0 Å². The lowest BCUT2D eigenvalue weighted by atomic mass is 9.86. The summed E-state index contributed by atoms with van der Waals surface area (Å²) in [6.45, 7) is 3.56. The SMILES string of the molecule is O=c1c(=O)n2c(nn1Cc1ccccc1)C[C@]1(CCN(Cc3ccccn3)C1)C2. The van der Waals surface area contributed by atoms with Crippen LogP contribution >= 0.6 is 0 Å². The van der Waals surface area contributed by atoms with Crippen LogP contribution in [0.15, 0.2) is 64.3 Å². The number of nitrogens with zero attached hydrogens (tertiary/aromatic N) is 5. The largest absolute Gasteiger partial charge is 0.332 e. The van der Waals surface area contributed by atoms with Gasteiger partial charge in [-0.2, -0.15) is 5.10 Å². The Morgan fingerprint density at radius 2 is 1.76 bits per heavy atom. The minimum absolute atomic E-state index is 0.0215. The summed E-state index contributed by atoms with van der Waals surface area (Å²) in [4.78, 5) is 32.1. The molecule has 2 aliphatic rings. The average molecular weight is 389 g/mol. The van der Waals surface area contributed by atoms with Gasteiger partial charge in [-0.3, -0.25) is 24.0 Å². The fourth-order valence-corrected chi connectivity index (χ4v) is 4.62. The third-order valence-corrected chi connectivity index (χ3v) is 6.04. The van der Waals surface area contributed by atoms with E-state index < -0.39 is 11.1 Å². The maximum absolute atomic E-state index is 12.8. The molecular weight excluding hydrogens is 366 g/mol. The second-order valence-electron chi connectivity index (χ2n) is 8.21. The normalized spacial score (nSPS) is 21.0. The quantitative estimate of drug-likeness (QED) is 0.629. The molecule has 1 atom stereocenters. The van der Waals surface area contributed by atoms with Crippen LogP contribution in [-0.4, -0.2) is 37.3 Å². The van der Waals surface area contributed by atoms with Gasteiger partial charge in [0, 0.05) is 37.7 Å². The number of rotatable bonds is 4. The van der Waals surface area contributed by atoms with Crippen molar-refractivity contribution in [2.75, 3.05) is 13.1 Å². The molecule has 7 nitrogen and oxygen atoms in total. The molecule has 1 fully saturated rings. The molecule has 1 aromatic carbocycles. The lowest BCUT2D eigenvalue weighted by Crippen LogP contribution is -2.43. The number of fused-ring (bicyclic) bond motifs is 1. The van der Waals surface area contributed by atoms with Gasteiger partial charge in [0.25, 0.3) is 0 Å². The van der Waals surface area contributed by atoms with Crippen LogP contribution in [0.4, 0.5) is 0 Å². The van der Waals surface area contributed by atoms with Crippen molar-refractivity contribution in [1.82, 2.24) is 24.2 Å². The summed E-state index contributed by atoms with van der Waals surface area (Å²) in [5, 5.41) is 4.57. The molecule has 5 rings (SSSR count). The van der Waals surface area contributed by atoms with Gasteiger partial charge >= 0.3 is 11.1 Å². The minimum atomic E-state index is -0.544. The van der Waals surface area contributed by atoms with Gasteiger partial charge in [-0.05, 0) is 30.7 Å². The second-order valence-corrected chi connectivity index (χ2v) is 8.21. The van der Waals surface area contributed by atoms with E-state index in [0.717, 1.165) is 49.6 Å². The van der Waals surface area contributed by atoms with Crippen molar-refractivity contribution in [3.05, 3.63) is 92.5 Å². The number of pyridine rings is 1. The summed E-state index contributed by atoms with van der Waals surface area (Å²) in [6, 6.07) is 15.6. The molecule has 0 unspecified atom stereocenters. The molecule has 29 heavy (non-hydrogen) atoms.